The summed E-state index contributed by atoms with van der Waals surface area (Å²) in [6.07, 6.45) is 5.73. The lowest BCUT2D eigenvalue weighted by Gasteiger charge is -2.21. The van der Waals surface area contributed by atoms with Crippen molar-refractivity contribution in [1.29, 1.82) is 0 Å². The van der Waals surface area contributed by atoms with E-state index in [1.807, 2.05) is 0 Å². The third-order valence-corrected chi connectivity index (χ3v) is 5.40. The van der Waals surface area contributed by atoms with Crippen LogP contribution in [-0.2, 0) is 16.6 Å². The number of carbonyl (C=O) groups is 1. The van der Waals surface area contributed by atoms with Gasteiger partial charge in [-0.15, -0.1) is 0 Å². The molecule has 6 nitrogen and oxygen atoms in total. The number of hydrogen-bond donors (Lipinski definition) is 2. The number of nitrogens with one attached hydrogen (secondary N) is 1. The molecule has 0 aromatic carbocycles. The number of pyridine rings is 1. The molecule has 1 saturated carbocycles. The van der Waals surface area contributed by atoms with Crippen molar-refractivity contribution in [2.45, 2.75) is 43.9 Å². The number of hydrogen-bond acceptors (Lipinski definition) is 4. The second kappa shape index (κ2) is 6.32. The summed E-state index contributed by atoms with van der Waals surface area (Å²) in [5.41, 5.74) is 0.510. The zero-order chi connectivity index (χ0) is 14.6. The van der Waals surface area contributed by atoms with Gasteiger partial charge in [0.25, 0.3) is 0 Å². The van der Waals surface area contributed by atoms with Gasteiger partial charge in [0.2, 0.25) is 10.0 Å². The van der Waals surface area contributed by atoms with Gasteiger partial charge in [-0.2, -0.15) is 0 Å². The molecule has 1 fully saturated rings. The molecule has 2 N–H and O–H groups in total. The summed E-state index contributed by atoms with van der Waals surface area (Å²) >= 11 is 0. The Kier molecular flexibility index (Phi) is 4.72. The molecule has 20 heavy (non-hydrogen) atoms. The van der Waals surface area contributed by atoms with Gasteiger partial charge in [-0.25, -0.2) is 17.9 Å². The molecule has 1 aromatic heterocycles. The van der Waals surface area contributed by atoms with Gasteiger partial charge in [0.15, 0.2) is 0 Å². The van der Waals surface area contributed by atoms with Crippen molar-refractivity contribution in [3.8, 4) is 0 Å². The van der Waals surface area contributed by atoms with Gasteiger partial charge in [0.1, 0.15) is 0 Å². The number of nitrogens with zero attached hydrogens (tertiary/aromatic N) is 1. The molecule has 0 aliphatic heterocycles. The van der Waals surface area contributed by atoms with E-state index in [1.54, 1.807) is 0 Å². The Bertz CT molecular complexity index is 580. The first-order valence-electron chi connectivity index (χ1n) is 6.66. The number of sulfonamides is 1. The molecule has 7 heteroatoms. The van der Waals surface area contributed by atoms with Gasteiger partial charge in [-0.05, 0) is 25.0 Å². The van der Waals surface area contributed by atoms with Crippen molar-refractivity contribution >= 4 is 16.0 Å². The van der Waals surface area contributed by atoms with Gasteiger partial charge in [0, 0.05) is 6.20 Å². The van der Waals surface area contributed by atoms with E-state index < -0.39 is 16.0 Å². The van der Waals surface area contributed by atoms with E-state index in [0.29, 0.717) is 18.5 Å². The molecule has 0 bridgehead atoms. The van der Waals surface area contributed by atoms with Crippen LogP contribution in [-0.4, -0.2) is 29.7 Å². The van der Waals surface area contributed by atoms with Crippen molar-refractivity contribution in [3.63, 3.8) is 0 Å². The third-order valence-electron chi connectivity index (χ3n) is 3.51. The second-order valence-electron chi connectivity index (χ2n) is 4.97. The van der Waals surface area contributed by atoms with E-state index in [1.165, 1.54) is 18.3 Å². The van der Waals surface area contributed by atoms with Crippen LogP contribution < -0.4 is 4.72 Å². The summed E-state index contributed by atoms with van der Waals surface area (Å²) < 4.78 is 26.8. The maximum Gasteiger partial charge on any atom is 0.335 e. The van der Waals surface area contributed by atoms with Crippen molar-refractivity contribution in [3.05, 3.63) is 29.6 Å². The Labute approximate surface area is 118 Å². The molecular formula is C13H18N2O4S. The maximum absolute atomic E-state index is 12.1. The van der Waals surface area contributed by atoms with Gasteiger partial charge in [-0.1, -0.05) is 19.3 Å². The monoisotopic (exact) mass is 298 g/mol. The molecule has 1 aliphatic rings. The van der Waals surface area contributed by atoms with Crippen LogP contribution in [0.1, 0.15) is 48.2 Å². The van der Waals surface area contributed by atoms with Crippen LogP contribution in [0.25, 0.3) is 0 Å². The summed E-state index contributed by atoms with van der Waals surface area (Å²) in [4.78, 5) is 14.8. The lowest BCUT2D eigenvalue weighted by molar-refractivity contribution is 0.0696. The number of carboxylic acids is 1. The average Bonchev–Trinajstić information content (AvgIpc) is 2.46. The molecule has 0 unspecified atom stereocenters. The normalized spacial score (nSPS) is 17.0. The van der Waals surface area contributed by atoms with Crippen LogP contribution in [0.3, 0.4) is 0 Å². The smallest absolute Gasteiger partial charge is 0.335 e. The highest BCUT2D eigenvalue weighted by Crippen LogP contribution is 2.23. The molecule has 0 radical (unpaired) electrons. The van der Waals surface area contributed by atoms with Crippen molar-refractivity contribution < 1.29 is 18.3 Å². The first-order valence-corrected chi connectivity index (χ1v) is 8.20. The first kappa shape index (κ1) is 14.9. The van der Waals surface area contributed by atoms with Gasteiger partial charge >= 0.3 is 5.97 Å². The standard InChI is InChI=1S/C13H18N2O4S/c16-13(17)10-6-7-14-11(8-10)9-15-20(18,19)12-4-2-1-3-5-12/h6-8,12,15H,1-5,9H2,(H,16,17). The van der Waals surface area contributed by atoms with Gasteiger partial charge in [-0.3, -0.25) is 4.98 Å². The zero-order valence-electron chi connectivity index (χ0n) is 11.1. The SMILES string of the molecule is O=C(O)c1ccnc(CNS(=O)(=O)C2CCCCC2)c1. The van der Waals surface area contributed by atoms with E-state index in [9.17, 15) is 13.2 Å². The van der Waals surface area contributed by atoms with E-state index >= 15 is 0 Å². The zero-order valence-corrected chi connectivity index (χ0v) is 11.9. The van der Waals surface area contributed by atoms with E-state index in [-0.39, 0.29) is 17.4 Å². The lowest BCUT2D eigenvalue weighted by atomic mass is 10.0. The molecule has 1 aromatic rings. The van der Waals surface area contributed by atoms with Crippen molar-refractivity contribution in [2.24, 2.45) is 0 Å². The van der Waals surface area contributed by atoms with Crippen LogP contribution in [0.15, 0.2) is 18.3 Å². The fourth-order valence-corrected chi connectivity index (χ4v) is 3.91. The highest BCUT2D eigenvalue weighted by atomic mass is 32.2. The molecule has 0 spiro atoms. The van der Waals surface area contributed by atoms with Gasteiger partial charge in [0.05, 0.1) is 23.1 Å². The first-order chi connectivity index (χ1) is 9.49. The molecule has 0 amide bonds. The average molecular weight is 298 g/mol. The topological polar surface area (TPSA) is 96.4 Å². The highest BCUT2D eigenvalue weighted by Gasteiger charge is 2.26. The largest absolute Gasteiger partial charge is 0.478 e. The molecule has 1 aliphatic carbocycles. The molecule has 2 rings (SSSR count). The minimum atomic E-state index is -3.35. The fourth-order valence-electron chi connectivity index (χ4n) is 2.38. The van der Waals surface area contributed by atoms with E-state index in [0.717, 1.165) is 19.3 Å². The number of aromatic carboxylic acids is 1. The van der Waals surface area contributed by atoms with Gasteiger partial charge < -0.3 is 5.11 Å². The fraction of sp³-hybridized carbons (Fsp3) is 0.538. The minimum absolute atomic E-state index is 0.0277. The highest BCUT2D eigenvalue weighted by molar-refractivity contribution is 7.90. The van der Waals surface area contributed by atoms with Crippen LogP contribution in [0, 0.1) is 0 Å². The molecule has 0 atom stereocenters. The predicted molar refractivity (Wildman–Crippen MR) is 73.8 cm³/mol. The Morgan fingerprint density at radius 3 is 2.70 bits per heavy atom. The molecular weight excluding hydrogens is 280 g/mol. The number of aromatic nitrogens is 1. The van der Waals surface area contributed by atoms with Crippen molar-refractivity contribution in [2.75, 3.05) is 0 Å². The summed E-state index contributed by atoms with van der Waals surface area (Å²) in [7, 11) is -3.35. The maximum atomic E-state index is 12.1. The Morgan fingerprint density at radius 1 is 1.35 bits per heavy atom. The molecule has 0 saturated heterocycles. The summed E-state index contributed by atoms with van der Waals surface area (Å²) in [5.74, 6) is -1.05. The third kappa shape index (κ3) is 3.77. The van der Waals surface area contributed by atoms with Crippen LogP contribution >= 0.6 is 0 Å². The minimum Gasteiger partial charge on any atom is -0.478 e. The van der Waals surface area contributed by atoms with Crippen LogP contribution in [0.4, 0.5) is 0 Å². The van der Waals surface area contributed by atoms with E-state index in [4.69, 9.17) is 5.11 Å². The van der Waals surface area contributed by atoms with E-state index in [2.05, 4.69) is 9.71 Å². The van der Waals surface area contributed by atoms with Crippen molar-refractivity contribution in [1.82, 2.24) is 9.71 Å². The lowest BCUT2D eigenvalue weighted by Crippen LogP contribution is -2.35. The van der Waals surface area contributed by atoms with Crippen LogP contribution in [0.2, 0.25) is 0 Å². The summed E-state index contributed by atoms with van der Waals surface area (Å²) in [6, 6.07) is 2.76. The van der Waals surface area contributed by atoms with Crippen LogP contribution in [0.5, 0.6) is 0 Å². The number of carboxylic acid groups (broad SMARTS) is 1. The Morgan fingerprint density at radius 2 is 2.05 bits per heavy atom. The number of rotatable bonds is 5. The Hall–Kier alpha value is -1.47. The summed E-state index contributed by atoms with van der Waals surface area (Å²) in [6.45, 7) is 0.0277. The quantitative estimate of drug-likeness (QED) is 0.859. The predicted octanol–water partition coefficient (Wildman–Crippen LogP) is 1.53. The molecule has 1 heterocycles. The Balaban J connectivity index is 2.00. The molecule has 110 valence electrons. The second-order valence-corrected chi connectivity index (χ2v) is 7.01. The summed E-state index contributed by atoms with van der Waals surface area (Å²) in [5, 5.41) is 8.54.